The molecule has 32 heavy (non-hydrogen) atoms. The number of nitrogens with one attached hydrogen (secondary N) is 1. The molecular formula is C21H24N2O7S2. The number of hydrogen-bond donors (Lipinski definition) is 1. The normalized spacial score (nSPS) is 17.2. The van der Waals surface area contributed by atoms with Crippen LogP contribution in [-0.2, 0) is 29.6 Å². The zero-order valence-electron chi connectivity index (χ0n) is 18.1. The molecule has 11 heteroatoms. The molecule has 1 aliphatic heterocycles. The highest BCUT2D eigenvalue weighted by atomic mass is 32.2. The molecule has 0 aliphatic carbocycles. The minimum atomic E-state index is -4.01. The number of nitrogens with zero attached hydrogens (tertiary/aromatic N) is 1. The second kappa shape index (κ2) is 8.21. The van der Waals surface area contributed by atoms with Crippen molar-refractivity contribution in [3.8, 4) is 0 Å². The van der Waals surface area contributed by atoms with Crippen LogP contribution in [-0.4, -0.2) is 41.1 Å². The first kappa shape index (κ1) is 23.7. The molecule has 0 spiro atoms. The summed E-state index contributed by atoms with van der Waals surface area (Å²) in [4.78, 5) is 24.2. The Kier molecular flexibility index (Phi) is 6.09. The summed E-state index contributed by atoms with van der Waals surface area (Å²) < 4.78 is 58.8. The van der Waals surface area contributed by atoms with E-state index in [4.69, 9.17) is 4.74 Å². The molecule has 1 aliphatic rings. The van der Waals surface area contributed by atoms with E-state index in [1.165, 1.54) is 49.4 Å². The molecular weight excluding hydrogens is 456 g/mol. The van der Waals surface area contributed by atoms with Crippen LogP contribution in [0.5, 0.6) is 0 Å². The Balaban J connectivity index is 1.87. The fourth-order valence-corrected chi connectivity index (χ4v) is 6.81. The summed E-state index contributed by atoms with van der Waals surface area (Å²) in [5.41, 5.74) is -0.175. The molecule has 2 aromatic carbocycles. The molecule has 0 atom stereocenters. The zero-order valence-corrected chi connectivity index (χ0v) is 19.7. The molecule has 172 valence electrons. The van der Waals surface area contributed by atoms with E-state index in [1.807, 2.05) is 0 Å². The standard InChI is InChI=1S/C21H24N2O7S2/c1-5-30-19(24)15-6-8-16(9-7-15)22-32(28,29)18-11-10-17(12-14(18)2)23-20(25)21(3,4)13-31(23,26)27/h6-12,22H,5,13H2,1-4H3. The summed E-state index contributed by atoms with van der Waals surface area (Å²) in [5.74, 6) is -1.39. The molecule has 1 amide bonds. The topological polar surface area (TPSA) is 127 Å². The van der Waals surface area contributed by atoms with E-state index in [9.17, 15) is 26.4 Å². The van der Waals surface area contributed by atoms with Gasteiger partial charge in [0.15, 0.2) is 0 Å². The predicted molar refractivity (Wildman–Crippen MR) is 119 cm³/mol. The lowest BCUT2D eigenvalue weighted by molar-refractivity contribution is -0.123. The summed E-state index contributed by atoms with van der Waals surface area (Å²) in [6, 6.07) is 9.66. The van der Waals surface area contributed by atoms with Crippen molar-refractivity contribution >= 4 is 43.3 Å². The van der Waals surface area contributed by atoms with Gasteiger partial charge in [-0.25, -0.2) is 25.9 Å². The maximum absolute atomic E-state index is 12.9. The largest absolute Gasteiger partial charge is 0.462 e. The molecule has 3 rings (SSSR count). The van der Waals surface area contributed by atoms with E-state index in [2.05, 4.69) is 4.72 Å². The van der Waals surface area contributed by atoms with Crippen LogP contribution in [0.2, 0.25) is 0 Å². The Morgan fingerprint density at radius 2 is 1.78 bits per heavy atom. The SMILES string of the molecule is CCOC(=O)c1ccc(NS(=O)(=O)c2ccc(N3C(=O)C(C)(C)CS3(=O)=O)cc2C)cc1. The summed E-state index contributed by atoms with van der Waals surface area (Å²) in [5, 5.41) is 0. The van der Waals surface area contributed by atoms with Gasteiger partial charge in [0.25, 0.3) is 10.0 Å². The van der Waals surface area contributed by atoms with Gasteiger partial charge < -0.3 is 4.74 Å². The van der Waals surface area contributed by atoms with Crippen molar-refractivity contribution in [2.45, 2.75) is 32.6 Å². The smallest absolute Gasteiger partial charge is 0.338 e. The van der Waals surface area contributed by atoms with Gasteiger partial charge >= 0.3 is 5.97 Å². The summed E-state index contributed by atoms with van der Waals surface area (Å²) in [6.07, 6.45) is 0. The number of esters is 1. The van der Waals surface area contributed by atoms with Crippen molar-refractivity contribution in [3.63, 3.8) is 0 Å². The Morgan fingerprint density at radius 3 is 2.28 bits per heavy atom. The molecule has 0 radical (unpaired) electrons. The first-order chi connectivity index (χ1) is 14.8. The number of aryl methyl sites for hydroxylation is 1. The van der Waals surface area contributed by atoms with Crippen LogP contribution < -0.4 is 9.03 Å². The summed E-state index contributed by atoms with van der Waals surface area (Å²) in [7, 11) is -7.86. The minimum Gasteiger partial charge on any atom is -0.462 e. The van der Waals surface area contributed by atoms with Crippen molar-refractivity contribution in [2.24, 2.45) is 5.41 Å². The van der Waals surface area contributed by atoms with Gasteiger partial charge in [-0.2, -0.15) is 0 Å². The minimum absolute atomic E-state index is 0.0703. The Labute approximate surface area is 187 Å². The molecule has 1 saturated heterocycles. The average Bonchev–Trinajstić information content (AvgIpc) is 2.84. The van der Waals surface area contributed by atoms with Gasteiger partial charge in [-0.15, -0.1) is 0 Å². The van der Waals surface area contributed by atoms with Gasteiger partial charge in [0, 0.05) is 5.69 Å². The fraction of sp³-hybridized carbons (Fsp3) is 0.333. The monoisotopic (exact) mass is 480 g/mol. The van der Waals surface area contributed by atoms with E-state index in [1.54, 1.807) is 20.8 Å². The number of anilines is 2. The van der Waals surface area contributed by atoms with Crippen LogP contribution in [0.3, 0.4) is 0 Å². The van der Waals surface area contributed by atoms with E-state index in [0.29, 0.717) is 0 Å². The summed E-state index contributed by atoms with van der Waals surface area (Å²) >= 11 is 0. The summed E-state index contributed by atoms with van der Waals surface area (Å²) in [6.45, 7) is 6.53. The Bertz CT molecular complexity index is 1280. The Morgan fingerprint density at radius 1 is 1.16 bits per heavy atom. The molecule has 0 unspecified atom stereocenters. The quantitative estimate of drug-likeness (QED) is 0.630. The highest BCUT2D eigenvalue weighted by molar-refractivity contribution is 7.94. The van der Waals surface area contributed by atoms with E-state index in [0.717, 1.165) is 4.31 Å². The van der Waals surface area contributed by atoms with Gasteiger partial charge in [-0.05, 0) is 75.7 Å². The number of benzene rings is 2. The van der Waals surface area contributed by atoms with Gasteiger partial charge in [-0.3, -0.25) is 9.52 Å². The first-order valence-corrected chi connectivity index (χ1v) is 12.9. The lowest BCUT2D eigenvalue weighted by atomic mass is 9.95. The highest BCUT2D eigenvalue weighted by Crippen LogP contribution is 2.36. The van der Waals surface area contributed by atoms with Crippen molar-refractivity contribution < 1.29 is 31.2 Å². The van der Waals surface area contributed by atoms with Crippen LogP contribution >= 0.6 is 0 Å². The van der Waals surface area contributed by atoms with Gasteiger partial charge in [0.2, 0.25) is 15.9 Å². The second-order valence-electron chi connectivity index (χ2n) is 8.06. The number of carbonyl (C=O) groups is 2. The number of ether oxygens (including phenoxy) is 1. The van der Waals surface area contributed by atoms with Crippen molar-refractivity contribution in [3.05, 3.63) is 53.6 Å². The highest BCUT2D eigenvalue weighted by Gasteiger charge is 2.50. The third kappa shape index (κ3) is 4.49. The van der Waals surface area contributed by atoms with Gasteiger partial charge in [-0.1, -0.05) is 0 Å². The molecule has 1 fully saturated rings. The second-order valence-corrected chi connectivity index (χ2v) is 11.5. The third-order valence-corrected chi connectivity index (χ3v) is 8.48. The average molecular weight is 481 g/mol. The first-order valence-electron chi connectivity index (χ1n) is 9.76. The van der Waals surface area contributed by atoms with Crippen LogP contribution in [0.25, 0.3) is 0 Å². The van der Waals surface area contributed by atoms with E-state index >= 15 is 0 Å². The molecule has 2 aromatic rings. The molecule has 1 N–H and O–H groups in total. The number of sulfonamides is 2. The van der Waals surface area contributed by atoms with Crippen molar-refractivity contribution in [2.75, 3.05) is 21.4 Å². The van der Waals surface area contributed by atoms with E-state index < -0.39 is 37.3 Å². The van der Waals surface area contributed by atoms with Crippen LogP contribution in [0.4, 0.5) is 11.4 Å². The molecule has 0 aromatic heterocycles. The maximum Gasteiger partial charge on any atom is 0.338 e. The number of amides is 1. The van der Waals surface area contributed by atoms with Gasteiger partial charge in [0.05, 0.1) is 33.9 Å². The molecule has 0 saturated carbocycles. The molecule has 9 nitrogen and oxygen atoms in total. The zero-order chi connectivity index (χ0) is 23.9. The van der Waals surface area contributed by atoms with E-state index in [-0.39, 0.29) is 39.8 Å². The molecule has 1 heterocycles. The van der Waals surface area contributed by atoms with Gasteiger partial charge in [0.1, 0.15) is 0 Å². The third-order valence-electron chi connectivity index (χ3n) is 4.92. The van der Waals surface area contributed by atoms with Crippen LogP contribution in [0.15, 0.2) is 47.4 Å². The predicted octanol–water partition coefficient (Wildman–Crippen LogP) is 2.68. The maximum atomic E-state index is 12.9. The number of rotatable bonds is 6. The van der Waals surface area contributed by atoms with Crippen LogP contribution in [0, 0.1) is 12.3 Å². The number of carbonyl (C=O) groups excluding carboxylic acids is 2. The lowest BCUT2D eigenvalue weighted by Crippen LogP contribution is -2.33. The van der Waals surface area contributed by atoms with Crippen molar-refractivity contribution in [1.29, 1.82) is 0 Å². The fourth-order valence-electron chi connectivity index (χ4n) is 3.42. The molecule has 0 bridgehead atoms. The van der Waals surface area contributed by atoms with Crippen LogP contribution in [0.1, 0.15) is 36.7 Å². The Hall–Kier alpha value is -2.92. The number of hydrogen-bond acceptors (Lipinski definition) is 7. The lowest BCUT2D eigenvalue weighted by Gasteiger charge is -2.19. The van der Waals surface area contributed by atoms with Crippen molar-refractivity contribution in [1.82, 2.24) is 0 Å².